The van der Waals surface area contributed by atoms with E-state index in [1.807, 2.05) is 9.47 Å². The molecule has 0 aliphatic carbocycles. The number of ether oxygens (including phenoxy) is 1. The van der Waals surface area contributed by atoms with Crippen molar-refractivity contribution in [2.75, 3.05) is 50.5 Å². The minimum absolute atomic E-state index is 0. The molecule has 3 aromatic rings. The Hall–Kier alpha value is -3.76. The number of hydrogen-bond acceptors (Lipinski definition) is 8. The summed E-state index contributed by atoms with van der Waals surface area (Å²) in [6.07, 6.45) is -0.410. The number of halogens is 4. The predicted molar refractivity (Wildman–Crippen MR) is 139 cm³/mol. The molecule has 9 nitrogen and oxygen atoms in total. The van der Waals surface area contributed by atoms with Crippen LogP contribution in [0, 0.1) is 17.1 Å². The summed E-state index contributed by atoms with van der Waals surface area (Å²) in [4.78, 5) is 14.8. The standard InChI is InChI=1S/C25H28F4N8O.CH4/c1-38-11-7-32-6-10-37-14-21(17-2-3-20(26)19(12-17)25(27,28)29)35-23(37)16-4-8-36(9-5-16)24-18(13-30)22(31)33-15-34-24;/h2-3,12,14-16,32H,4-11H2,1H3,(H2,31,33,34);1H4. The van der Waals surface area contributed by atoms with Crippen molar-refractivity contribution >= 4 is 11.6 Å². The molecule has 2 aromatic heterocycles. The second-order valence-corrected chi connectivity index (χ2v) is 8.94. The topological polar surface area (TPSA) is 118 Å². The molecule has 0 unspecified atom stereocenters. The molecule has 3 N–H and O–H groups in total. The molecular formula is C26H32F4N8O. The van der Waals surface area contributed by atoms with E-state index < -0.39 is 17.6 Å². The van der Waals surface area contributed by atoms with Gasteiger partial charge in [0.1, 0.15) is 35.4 Å². The number of hydrogen-bond donors (Lipinski definition) is 2. The number of alkyl halides is 3. The van der Waals surface area contributed by atoms with Gasteiger partial charge in [0.15, 0.2) is 5.82 Å². The Bertz CT molecular complexity index is 1300. The van der Waals surface area contributed by atoms with Crippen LogP contribution in [0.15, 0.2) is 30.7 Å². The van der Waals surface area contributed by atoms with Gasteiger partial charge < -0.3 is 25.3 Å². The maximum Gasteiger partial charge on any atom is 0.419 e. The third-order valence-corrected chi connectivity index (χ3v) is 6.52. The van der Waals surface area contributed by atoms with Gasteiger partial charge in [-0.1, -0.05) is 7.43 Å². The van der Waals surface area contributed by atoms with Crippen molar-refractivity contribution in [3.63, 3.8) is 0 Å². The molecule has 0 bridgehead atoms. The second-order valence-electron chi connectivity index (χ2n) is 8.94. The van der Waals surface area contributed by atoms with E-state index in [4.69, 9.17) is 15.5 Å². The fourth-order valence-corrected chi connectivity index (χ4v) is 4.56. The van der Waals surface area contributed by atoms with Crippen LogP contribution < -0.4 is 16.0 Å². The van der Waals surface area contributed by atoms with Crippen LogP contribution in [0.4, 0.5) is 29.2 Å². The fourth-order valence-electron chi connectivity index (χ4n) is 4.56. The maximum absolute atomic E-state index is 13.9. The van der Waals surface area contributed by atoms with Gasteiger partial charge in [0.25, 0.3) is 0 Å². The lowest BCUT2D eigenvalue weighted by atomic mass is 9.95. The van der Waals surface area contributed by atoms with Crippen LogP contribution in [-0.4, -0.2) is 59.4 Å². The Morgan fingerprint density at radius 2 is 1.95 bits per heavy atom. The van der Waals surface area contributed by atoms with E-state index in [0.717, 1.165) is 18.0 Å². The molecule has 0 atom stereocenters. The molecular weight excluding hydrogens is 516 g/mol. The number of nitrogens with one attached hydrogen (secondary N) is 1. The third kappa shape index (κ3) is 6.82. The number of nitrogen functional groups attached to an aromatic ring is 1. The van der Waals surface area contributed by atoms with Crippen LogP contribution >= 0.6 is 0 Å². The first-order valence-corrected chi connectivity index (χ1v) is 12.1. The summed E-state index contributed by atoms with van der Waals surface area (Å²) in [5.41, 5.74) is 5.29. The van der Waals surface area contributed by atoms with Crippen molar-refractivity contribution < 1.29 is 22.3 Å². The normalized spacial score (nSPS) is 14.2. The van der Waals surface area contributed by atoms with Crippen molar-refractivity contribution in [3.8, 4) is 17.3 Å². The highest BCUT2D eigenvalue weighted by Gasteiger charge is 2.35. The smallest absolute Gasteiger partial charge is 0.383 e. The quantitative estimate of drug-likeness (QED) is 0.302. The van der Waals surface area contributed by atoms with Crippen LogP contribution in [-0.2, 0) is 17.5 Å². The van der Waals surface area contributed by atoms with Crippen LogP contribution in [0.5, 0.6) is 0 Å². The van der Waals surface area contributed by atoms with Gasteiger partial charge in [0.2, 0.25) is 0 Å². The molecule has 1 saturated heterocycles. The van der Waals surface area contributed by atoms with Gasteiger partial charge in [0.05, 0.1) is 17.9 Å². The van der Waals surface area contributed by atoms with E-state index in [1.165, 1.54) is 12.4 Å². The van der Waals surface area contributed by atoms with Crippen LogP contribution in [0.25, 0.3) is 11.3 Å². The number of benzene rings is 1. The zero-order chi connectivity index (χ0) is 27.3. The molecule has 3 heterocycles. The van der Waals surface area contributed by atoms with E-state index in [9.17, 15) is 22.8 Å². The number of nitrogens with zero attached hydrogens (tertiary/aromatic N) is 6. The lowest BCUT2D eigenvalue weighted by molar-refractivity contribution is -0.139. The number of rotatable bonds is 9. The molecule has 1 fully saturated rings. The molecule has 4 rings (SSSR count). The van der Waals surface area contributed by atoms with Gasteiger partial charge in [0, 0.05) is 57.5 Å². The van der Waals surface area contributed by atoms with E-state index >= 15 is 0 Å². The number of piperidine rings is 1. The predicted octanol–water partition coefficient (Wildman–Crippen LogP) is 4.21. The first-order valence-electron chi connectivity index (χ1n) is 12.1. The first kappa shape index (κ1) is 29.8. The molecule has 1 aromatic carbocycles. The summed E-state index contributed by atoms with van der Waals surface area (Å²) >= 11 is 0. The number of anilines is 2. The largest absolute Gasteiger partial charge is 0.419 e. The third-order valence-electron chi connectivity index (χ3n) is 6.52. The number of methoxy groups -OCH3 is 1. The Balaban J connectivity index is 0.00000420. The molecule has 0 spiro atoms. The molecule has 1 aliphatic heterocycles. The van der Waals surface area contributed by atoms with Crippen LogP contribution in [0.1, 0.15) is 43.1 Å². The maximum atomic E-state index is 13.9. The summed E-state index contributed by atoms with van der Waals surface area (Å²) in [6, 6.07) is 4.99. The summed E-state index contributed by atoms with van der Waals surface area (Å²) < 4.78 is 60.8. The highest BCUT2D eigenvalue weighted by molar-refractivity contribution is 5.63. The first-order chi connectivity index (χ1) is 18.2. The zero-order valence-corrected chi connectivity index (χ0v) is 20.8. The minimum Gasteiger partial charge on any atom is -0.383 e. The molecule has 0 amide bonds. The Morgan fingerprint density at radius 1 is 1.21 bits per heavy atom. The Morgan fingerprint density at radius 3 is 2.62 bits per heavy atom. The number of imidazole rings is 1. The molecule has 210 valence electrons. The van der Waals surface area contributed by atoms with Crippen molar-refractivity contribution in [2.24, 2.45) is 0 Å². The molecule has 1 aliphatic rings. The number of nitriles is 1. The van der Waals surface area contributed by atoms with Crippen molar-refractivity contribution in [1.82, 2.24) is 24.8 Å². The van der Waals surface area contributed by atoms with Crippen LogP contribution in [0.2, 0.25) is 0 Å². The summed E-state index contributed by atoms with van der Waals surface area (Å²) in [5.74, 6) is 0.0480. The highest BCUT2D eigenvalue weighted by Crippen LogP contribution is 2.36. The average molecular weight is 549 g/mol. The summed E-state index contributed by atoms with van der Waals surface area (Å²) in [5, 5.41) is 12.7. The number of aromatic nitrogens is 4. The Kier molecular flexibility index (Phi) is 9.82. The second kappa shape index (κ2) is 12.9. The van der Waals surface area contributed by atoms with Gasteiger partial charge >= 0.3 is 6.18 Å². The van der Waals surface area contributed by atoms with E-state index in [0.29, 0.717) is 63.7 Å². The van der Waals surface area contributed by atoms with Crippen LogP contribution in [0.3, 0.4) is 0 Å². The van der Waals surface area contributed by atoms with Gasteiger partial charge in [-0.25, -0.2) is 19.3 Å². The lowest BCUT2D eigenvalue weighted by Crippen LogP contribution is -2.35. The van der Waals surface area contributed by atoms with Crippen molar-refractivity contribution in [2.45, 2.75) is 38.9 Å². The lowest BCUT2D eigenvalue weighted by Gasteiger charge is -2.33. The van der Waals surface area contributed by atoms with Gasteiger partial charge in [-0.05, 0) is 31.0 Å². The average Bonchev–Trinajstić information content (AvgIpc) is 3.32. The van der Waals surface area contributed by atoms with Gasteiger partial charge in [-0.2, -0.15) is 18.4 Å². The minimum atomic E-state index is -4.81. The molecule has 13 heteroatoms. The van der Waals surface area contributed by atoms with Gasteiger partial charge in [-0.3, -0.25) is 0 Å². The zero-order valence-electron chi connectivity index (χ0n) is 20.8. The molecule has 0 radical (unpaired) electrons. The SMILES string of the molecule is C.COCCNCCn1cc(-c2ccc(F)c(C(F)(F)F)c2)nc1C1CCN(c2ncnc(N)c2C#N)CC1. The fraction of sp³-hybridized carbons (Fsp3) is 0.462. The molecule has 39 heavy (non-hydrogen) atoms. The van der Waals surface area contributed by atoms with E-state index in [-0.39, 0.29) is 30.3 Å². The van der Waals surface area contributed by atoms with Gasteiger partial charge in [-0.15, -0.1) is 0 Å². The monoisotopic (exact) mass is 548 g/mol. The summed E-state index contributed by atoms with van der Waals surface area (Å²) in [6.45, 7) is 3.52. The number of nitrogens with two attached hydrogens (primary N) is 1. The van der Waals surface area contributed by atoms with Crippen molar-refractivity contribution in [1.29, 1.82) is 5.26 Å². The van der Waals surface area contributed by atoms with Crippen molar-refractivity contribution in [3.05, 3.63) is 53.5 Å². The Labute approximate surface area is 224 Å². The highest BCUT2D eigenvalue weighted by atomic mass is 19.4. The molecule has 0 saturated carbocycles. The van der Waals surface area contributed by atoms with E-state index in [2.05, 4.69) is 21.4 Å². The van der Waals surface area contributed by atoms with E-state index in [1.54, 1.807) is 13.3 Å². The summed E-state index contributed by atoms with van der Waals surface area (Å²) in [7, 11) is 1.61.